The first-order chi connectivity index (χ1) is 15.1. The number of ether oxygens (including phenoxy) is 1. The Kier molecular flexibility index (Phi) is 5.21. The number of aryl methyl sites for hydroxylation is 1. The van der Waals surface area contributed by atoms with E-state index in [0.29, 0.717) is 0 Å². The van der Waals surface area contributed by atoms with Crippen LogP contribution >= 0.6 is 0 Å². The van der Waals surface area contributed by atoms with Crippen molar-refractivity contribution in [2.24, 2.45) is 7.05 Å². The highest BCUT2D eigenvalue weighted by molar-refractivity contribution is 5.64. The Bertz CT molecular complexity index is 1180. The number of piperazine rings is 1. The summed E-state index contributed by atoms with van der Waals surface area (Å²) in [5.41, 5.74) is 5.61. The van der Waals surface area contributed by atoms with E-state index in [2.05, 4.69) is 69.1 Å². The number of rotatable bonds is 5. The van der Waals surface area contributed by atoms with Crippen LogP contribution in [0.25, 0.3) is 16.9 Å². The average molecular weight is 417 g/mol. The topological polar surface area (TPSA) is 50.8 Å². The molecule has 0 N–H and O–H groups in total. The molecule has 0 spiro atoms. The standard InChI is InChI=1S/C24H28N6O/c1-27-11-12-29(15-18-13-25-28(2)14-18)17-23(27)21-16-30-22(5-4-6-24(30)26-21)19-7-9-20(31-3)10-8-19/h4-10,13-14,16,23H,11-12,15,17H2,1-3H3. The van der Waals surface area contributed by atoms with Crippen LogP contribution in [0.3, 0.4) is 0 Å². The van der Waals surface area contributed by atoms with Gasteiger partial charge in [0.1, 0.15) is 11.4 Å². The van der Waals surface area contributed by atoms with E-state index < -0.39 is 0 Å². The molecule has 1 aromatic carbocycles. The molecule has 4 heterocycles. The maximum atomic E-state index is 5.31. The molecule has 0 radical (unpaired) electrons. The molecular formula is C24H28N6O. The van der Waals surface area contributed by atoms with Crippen LogP contribution < -0.4 is 4.74 Å². The lowest BCUT2D eigenvalue weighted by Crippen LogP contribution is -2.46. The van der Waals surface area contributed by atoms with Gasteiger partial charge in [-0.1, -0.05) is 6.07 Å². The number of fused-ring (bicyclic) bond motifs is 1. The zero-order valence-electron chi connectivity index (χ0n) is 18.3. The Morgan fingerprint density at radius 3 is 2.61 bits per heavy atom. The first-order valence-corrected chi connectivity index (χ1v) is 10.6. The quantitative estimate of drug-likeness (QED) is 0.500. The molecule has 1 aliphatic heterocycles. The van der Waals surface area contributed by atoms with Gasteiger partial charge in [-0.05, 0) is 49.0 Å². The normalized spacial score (nSPS) is 18.0. The van der Waals surface area contributed by atoms with Gasteiger partial charge in [0, 0.05) is 51.2 Å². The molecule has 7 nitrogen and oxygen atoms in total. The highest BCUT2D eigenvalue weighted by Gasteiger charge is 2.28. The zero-order valence-corrected chi connectivity index (χ0v) is 18.3. The number of imidazole rings is 1. The Labute approximate surface area is 182 Å². The molecule has 1 aliphatic rings. The van der Waals surface area contributed by atoms with E-state index in [-0.39, 0.29) is 6.04 Å². The minimum Gasteiger partial charge on any atom is -0.497 e. The SMILES string of the molecule is COc1ccc(-c2cccc3nc(C4CN(Cc5cnn(C)c5)CCN4C)cn23)cc1. The highest BCUT2D eigenvalue weighted by atomic mass is 16.5. The second-order valence-electron chi connectivity index (χ2n) is 8.29. The summed E-state index contributed by atoms with van der Waals surface area (Å²) < 4.78 is 9.37. The third-order valence-corrected chi connectivity index (χ3v) is 6.13. The summed E-state index contributed by atoms with van der Waals surface area (Å²) in [6.07, 6.45) is 6.25. The summed E-state index contributed by atoms with van der Waals surface area (Å²) in [7, 11) is 5.85. The second kappa shape index (κ2) is 8.17. The van der Waals surface area contributed by atoms with Crippen LogP contribution in [-0.4, -0.2) is 62.8 Å². The van der Waals surface area contributed by atoms with Gasteiger partial charge in [-0.15, -0.1) is 0 Å². The molecular weight excluding hydrogens is 388 g/mol. The summed E-state index contributed by atoms with van der Waals surface area (Å²) in [5, 5.41) is 4.31. The summed E-state index contributed by atoms with van der Waals surface area (Å²) in [6.45, 7) is 3.94. The van der Waals surface area contributed by atoms with Crippen molar-refractivity contribution in [2.45, 2.75) is 12.6 Å². The average Bonchev–Trinajstić information content (AvgIpc) is 3.41. The van der Waals surface area contributed by atoms with E-state index in [1.54, 1.807) is 7.11 Å². The van der Waals surface area contributed by atoms with Gasteiger partial charge in [0.2, 0.25) is 0 Å². The van der Waals surface area contributed by atoms with Gasteiger partial charge in [0.15, 0.2) is 0 Å². The number of pyridine rings is 1. The van der Waals surface area contributed by atoms with Crippen molar-refractivity contribution >= 4 is 5.65 Å². The van der Waals surface area contributed by atoms with Crippen molar-refractivity contribution in [1.29, 1.82) is 0 Å². The summed E-state index contributed by atoms with van der Waals surface area (Å²) in [6, 6.07) is 14.7. The van der Waals surface area contributed by atoms with E-state index in [9.17, 15) is 0 Å². The molecule has 1 saturated heterocycles. The number of nitrogens with zero attached hydrogens (tertiary/aromatic N) is 6. The molecule has 7 heteroatoms. The first kappa shape index (κ1) is 19.8. The second-order valence-corrected chi connectivity index (χ2v) is 8.29. The highest BCUT2D eigenvalue weighted by Crippen LogP contribution is 2.28. The lowest BCUT2D eigenvalue weighted by molar-refractivity contribution is 0.0885. The van der Waals surface area contributed by atoms with Crippen LogP contribution in [0.15, 0.2) is 61.1 Å². The number of likely N-dealkylation sites (N-methyl/N-ethyl adjacent to an activating group) is 1. The Balaban J connectivity index is 1.43. The fraction of sp³-hybridized carbons (Fsp3) is 0.333. The Hall–Kier alpha value is -3.16. The molecule has 1 fully saturated rings. The van der Waals surface area contributed by atoms with Crippen LogP contribution in [0.1, 0.15) is 17.3 Å². The van der Waals surface area contributed by atoms with Crippen molar-refractivity contribution in [3.8, 4) is 17.0 Å². The molecule has 0 bridgehead atoms. The molecule has 0 saturated carbocycles. The molecule has 31 heavy (non-hydrogen) atoms. The van der Waals surface area contributed by atoms with E-state index in [1.165, 1.54) is 5.56 Å². The molecule has 160 valence electrons. The third kappa shape index (κ3) is 3.94. The Morgan fingerprint density at radius 1 is 1.03 bits per heavy atom. The van der Waals surface area contributed by atoms with Crippen LogP contribution in [-0.2, 0) is 13.6 Å². The van der Waals surface area contributed by atoms with Crippen molar-refractivity contribution in [1.82, 2.24) is 29.0 Å². The minimum absolute atomic E-state index is 0.258. The summed E-state index contributed by atoms with van der Waals surface area (Å²) in [4.78, 5) is 9.91. The summed E-state index contributed by atoms with van der Waals surface area (Å²) in [5.74, 6) is 0.861. The third-order valence-electron chi connectivity index (χ3n) is 6.13. The largest absolute Gasteiger partial charge is 0.497 e. The predicted octanol–water partition coefficient (Wildman–Crippen LogP) is 3.23. The van der Waals surface area contributed by atoms with Crippen LogP contribution in [0.4, 0.5) is 0 Å². The van der Waals surface area contributed by atoms with Gasteiger partial charge in [-0.2, -0.15) is 5.10 Å². The van der Waals surface area contributed by atoms with Gasteiger partial charge < -0.3 is 4.74 Å². The lowest BCUT2D eigenvalue weighted by atomic mass is 10.1. The van der Waals surface area contributed by atoms with Gasteiger partial charge in [0.25, 0.3) is 0 Å². The maximum Gasteiger partial charge on any atom is 0.137 e. The molecule has 0 amide bonds. The fourth-order valence-electron chi connectivity index (χ4n) is 4.39. The molecule has 5 rings (SSSR count). The number of aromatic nitrogens is 4. The molecule has 1 atom stereocenters. The summed E-state index contributed by atoms with van der Waals surface area (Å²) >= 11 is 0. The van der Waals surface area contributed by atoms with Gasteiger partial charge >= 0.3 is 0 Å². The van der Waals surface area contributed by atoms with Crippen molar-refractivity contribution in [3.05, 3.63) is 72.3 Å². The van der Waals surface area contributed by atoms with E-state index in [1.807, 2.05) is 30.1 Å². The van der Waals surface area contributed by atoms with E-state index >= 15 is 0 Å². The van der Waals surface area contributed by atoms with Crippen molar-refractivity contribution in [2.75, 3.05) is 33.8 Å². The fourth-order valence-corrected chi connectivity index (χ4v) is 4.39. The first-order valence-electron chi connectivity index (χ1n) is 10.6. The number of hydrogen-bond donors (Lipinski definition) is 0. The van der Waals surface area contributed by atoms with E-state index in [4.69, 9.17) is 9.72 Å². The van der Waals surface area contributed by atoms with Crippen LogP contribution in [0, 0.1) is 0 Å². The van der Waals surface area contributed by atoms with E-state index in [0.717, 1.165) is 54.5 Å². The van der Waals surface area contributed by atoms with Crippen LogP contribution in [0.5, 0.6) is 5.75 Å². The minimum atomic E-state index is 0.258. The van der Waals surface area contributed by atoms with Crippen LogP contribution in [0.2, 0.25) is 0 Å². The lowest BCUT2D eigenvalue weighted by Gasteiger charge is -2.38. The smallest absolute Gasteiger partial charge is 0.137 e. The van der Waals surface area contributed by atoms with Crippen molar-refractivity contribution in [3.63, 3.8) is 0 Å². The van der Waals surface area contributed by atoms with Gasteiger partial charge in [-0.3, -0.25) is 18.9 Å². The Morgan fingerprint density at radius 2 is 1.87 bits per heavy atom. The van der Waals surface area contributed by atoms with Gasteiger partial charge in [-0.25, -0.2) is 4.98 Å². The number of methoxy groups -OCH3 is 1. The van der Waals surface area contributed by atoms with Crippen molar-refractivity contribution < 1.29 is 4.74 Å². The molecule has 0 aliphatic carbocycles. The predicted molar refractivity (Wildman–Crippen MR) is 121 cm³/mol. The zero-order chi connectivity index (χ0) is 21.4. The molecule has 4 aromatic rings. The molecule has 3 aromatic heterocycles. The van der Waals surface area contributed by atoms with Gasteiger partial charge in [0.05, 0.1) is 30.7 Å². The molecule has 1 unspecified atom stereocenters. The number of benzene rings is 1. The maximum absolute atomic E-state index is 5.31. The number of hydrogen-bond acceptors (Lipinski definition) is 5. The monoisotopic (exact) mass is 416 g/mol.